The van der Waals surface area contributed by atoms with E-state index in [1.165, 1.54) is 12.8 Å². The second kappa shape index (κ2) is 5.12. The highest BCUT2D eigenvalue weighted by Crippen LogP contribution is 2.58. The molecule has 0 spiro atoms. The molecule has 1 aliphatic heterocycles. The minimum absolute atomic E-state index is 0.108. The molecule has 1 amide bonds. The zero-order valence-corrected chi connectivity index (χ0v) is 12.0. The van der Waals surface area contributed by atoms with Crippen LogP contribution in [0.25, 0.3) is 0 Å². The summed E-state index contributed by atoms with van der Waals surface area (Å²) in [4.78, 5) is 25.5. The van der Waals surface area contributed by atoms with Crippen molar-refractivity contribution in [3.05, 3.63) is 0 Å². The lowest BCUT2D eigenvalue weighted by atomic mass is 10.1. The first kappa shape index (κ1) is 14.3. The van der Waals surface area contributed by atoms with Gasteiger partial charge in [0.15, 0.2) is 0 Å². The fourth-order valence-corrected chi connectivity index (χ4v) is 3.26. The third kappa shape index (κ3) is 2.76. The molecule has 108 valence electrons. The third-order valence-corrected chi connectivity index (χ3v) is 4.71. The van der Waals surface area contributed by atoms with Crippen molar-refractivity contribution in [3.8, 4) is 0 Å². The van der Waals surface area contributed by atoms with E-state index in [0.717, 1.165) is 13.1 Å². The Balaban J connectivity index is 1.80. The predicted octanol–water partition coefficient (Wildman–Crippen LogP) is 0.944. The summed E-state index contributed by atoms with van der Waals surface area (Å²) in [5.41, 5.74) is -0.410. The van der Waals surface area contributed by atoms with Crippen molar-refractivity contribution >= 4 is 11.9 Å². The normalized spacial score (nSPS) is 30.9. The number of carbonyl (C=O) groups excluding carboxylic acids is 1. The largest absolute Gasteiger partial charge is 0.481 e. The maximum atomic E-state index is 12.1. The molecule has 1 saturated carbocycles. The average molecular weight is 268 g/mol. The highest BCUT2D eigenvalue weighted by atomic mass is 16.4. The molecule has 3 atom stereocenters. The average Bonchev–Trinajstić information content (AvgIpc) is 2.74. The van der Waals surface area contributed by atoms with Crippen molar-refractivity contribution < 1.29 is 14.7 Å². The zero-order chi connectivity index (χ0) is 14.2. The SMILES string of the molecule is CC(CNC(=O)C1C(C(=O)O)C1(C)C)N1CCCC1. The zero-order valence-electron chi connectivity index (χ0n) is 12.0. The molecular weight excluding hydrogens is 244 g/mol. The Kier molecular flexibility index (Phi) is 3.85. The standard InChI is InChI=1S/C14H24N2O3/c1-9(16-6-4-5-7-16)8-15-12(17)10-11(13(18)19)14(10,2)3/h9-11H,4-8H2,1-3H3,(H,15,17)(H,18,19). The van der Waals surface area contributed by atoms with Crippen molar-refractivity contribution in [1.29, 1.82) is 0 Å². The van der Waals surface area contributed by atoms with Crippen LogP contribution in [0.5, 0.6) is 0 Å². The number of hydrogen-bond acceptors (Lipinski definition) is 3. The lowest BCUT2D eigenvalue weighted by Gasteiger charge is -2.24. The molecule has 1 heterocycles. The highest BCUT2D eigenvalue weighted by Gasteiger charge is 2.65. The van der Waals surface area contributed by atoms with Crippen LogP contribution >= 0.6 is 0 Å². The smallest absolute Gasteiger partial charge is 0.307 e. The van der Waals surface area contributed by atoms with Gasteiger partial charge in [-0.1, -0.05) is 13.8 Å². The van der Waals surface area contributed by atoms with Crippen molar-refractivity contribution in [2.45, 2.75) is 39.7 Å². The molecule has 0 bridgehead atoms. The van der Waals surface area contributed by atoms with Gasteiger partial charge in [0.1, 0.15) is 0 Å². The Hall–Kier alpha value is -1.10. The number of nitrogens with zero attached hydrogens (tertiary/aromatic N) is 1. The number of likely N-dealkylation sites (tertiary alicyclic amines) is 1. The molecule has 0 aromatic carbocycles. The Bertz CT molecular complexity index is 375. The molecule has 0 aromatic rings. The number of carboxylic acids is 1. The lowest BCUT2D eigenvalue weighted by molar-refractivity contribution is -0.140. The van der Waals surface area contributed by atoms with E-state index in [1.807, 2.05) is 13.8 Å². The first-order valence-electron chi connectivity index (χ1n) is 7.10. The highest BCUT2D eigenvalue weighted by molar-refractivity contribution is 5.91. The number of carboxylic acid groups (broad SMARTS) is 1. The molecule has 2 rings (SSSR count). The number of amides is 1. The van der Waals surface area contributed by atoms with Crippen LogP contribution in [0, 0.1) is 17.3 Å². The molecule has 0 aromatic heterocycles. The first-order chi connectivity index (χ1) is 8.85. The van der Waals surface area contributed by atoms with E-state index >= 15 is 0 Å². The maximum absolute atomic E-state index is 12.1. The third-order valence-electron chi connectivity index (χ3n) is 4.71. The van der Waals surface area contributed by atoms with Crippen LogP contribution in [0.4, 0.5) is 0 Å². The molecule has 2 fully saturated rings. The molecule has 2 N–H and O–H groups in total. The van der Waals surface area contributed by atoms with Crippen LogP contribution in [0.2, 0.25) is 0 Å². The molecular formula is C14H24N2O3. The minimum Gasteiger partial charge on any atom is -0.481 e. The number of aliphatic carboxylic acids is 1. The molecule has 0 radical (unpaired) electrons. The van der Waals surface area contributed by atoms with Gasteiger partial charge in [-0.25, -0.2) is 0 Å². The van der Waals surface area contributed by atoms with Crippen molar-refractivity contribution in [1.82, 2.24) is 10.2 Å². The van der Waals surface area contributed by atoms with Gasteiger partial charge in [0.2, 0.25) is 5.91 Å². The monoisotopic (exact) mass is 268 g/mol. The minimum atomic E-state index is -0.863. The lowest BCUT2D eigenvalue weighted by Crippen LogP contribution is -2.41. The number of hydrogen-bond donors (Lipinski definition) is 2. The van der Waals surface area contributed by atoms with Crippen molar-refractivity contribution in [2.75, 3.05) is 19.6 Å². The van der Waals surface area contributed by atoms with E-state index < -0.39 is 17.3 Å². The number of nitrogens with one attached hydrogen (secondary N) is 1. The van der Waals surface area contributed by atoms with Crippen molar-refractivity contribution in [2.24, 2.45) is 17.3 Å². The Morgan fingerprint density at radius 1 is 1.32 bits per heavy atom. The Morgan fingerprint density at radius 2 is 1.89 bits per heavy atom. The van der Waals surface area contributed by atoms with E-state index in [9.17, 15) is 9.59 Å². The summed E-state index contributed by atoms with van der Waals surface area (Å²) in [5.74, 6) is -1.88. The van der Waals surface area contributed by atoms with E-state index in [4.69, 9.17) is 5.11 Å². The van der Waals surface area contributed by atoms with E-state index in [2.05, 4.69) is 17.1 Å². The van der Waals surface area contributed by atoms with Crippen LogP contribution < -0.4 is 5.32 Å². The van der Waals surface area contributed by atoms with Gasteiger partial charge in [-0.2, -0.15) is 0 Å². The summed E-state index contributed by atoms with van der Waals surface area (Å²) >= 11 is 0. The molecule has 19 heavy (non-hydrogen) atoms. The summed E-state index contributed by atoms with van der Waals surface area (Å²) in [6.45, 7) is 8.61. The number of rotatable bonds is 5. The molecule has 5 heteroatoms. The fourth-order valence-electron chi connectivity index (χ4n) is 3.26. The van der Waals surface area contributed by atoms with Crippen LogP contribution in [-0.4, -0.2) is 47.6 Å². The first-order valence-corrected chi connectivity index (χ1v) is 7.10. The van der Waals surface area contributed by atoms with Crippen LogP contribution in [0.15, 0.2) is 0 Å². The summed E-state index contributed by atoms with van der Waals surface area (Å²) < 4.78 is 0. The Morgan fingerprint density at radius 3 is 2.37 bits per heavy atom. The van der Waals surface area contributed by atoms with E-state index in [1.54, 1.807) is 0 Å². The summed E-state index contributed by atoms with van der Waals surface area (Å²) in [6, 6.07) is 0.330. The van der Waals surface area contributed by atoms with Gasteiger partial charge in [-0.05, 0) is 38.3 Å². The van der Waals surface area contributed by atoms with Gasteiger partial charge >= 0.3 is 5.97 Å². The van der Waals surface area contributed by atoms with Gasteiger partial charge in [0.25, 0.3) is 0 Å². The van der Waals surface area contributed by atoms with E-state index in [0.29, 0.717) is 12.6 Å². The van der Waals surface area contributed by atoms with Gasteiger partial charge in [-0.3, -0.25) is 14.5 Å². The van der Waals surface area contributed by atoms with Gasteiger partial charge in [0, 0.05) is 12.6 Å². The summed E-state index contributed by atoms with van der Waals surface area (Å²) in [6.07, 6.45) is 2.46. The van der Waals surface area contributed by atoms with Gasteiger partial charge in [-0.15, -0.1) is 0 Å². The maximum Gasteiger partial charge on any atom is 0.307 e. The number of carbonyl (C=O) groups is 2. The fraction of sp³-hybridized carbons (Fsp3) is 0.857. The van der Waals surface area contributed by atoms with Crippen LogP contribution in [-0.2, 0) is 9.59 Å². The topological polar surface area (TPSA) is 69.6 Å². The summed E-state index contributed by atoms with van der Waals surface area (Å²) in [5, 5.41) is 12.0. The molecule has 3 unspecified atom stereocenters. The van der Waals surface area contributed by atoms with Crippen molar-refractivity contribution in [3.63, 3.8) is 0 Å². The second-order valence-electron chi connectivity index (χ2n) is 6.45. The molecule has 2 aliphatic rings. The Labute approximate surface area is 114 Å². The van der Waals surface area contributed by atoms with Crippen LogP contribution in [0.1, 0.15) is 33.6 Å². The quantitative estimate of drug-likeness (QED) is 0.778. The van der Waals surface area contributed by atoms with E-state index in [-0.39, 0.29) is 11.8 Å². The molecule has 1 saturated heterocycles. The molecule has 1 aliphatic carbocycles. The summed E-state index contributed by atoms with van der Waals surface area (Å²) in [7, 11) is 0. The van der Waals surface area contributed by atoms with Gasteiger partial charge in [0.05, 0.1) is 11.8 Å². The second-order valence-corrected chi connectivity index (χ2v) is 6.45. The molecule has 5 nitrogen and oxygen atoms in total. The predicted molar refractivity (Wildman–Crippen MR) is 71.7 cm³/mol. The van der Waals surface area contributed by atoms with Gasteiger partial charge < -0.3 is 10.4 Å². The van der Waals surface area contributed by atoms with Crippen LogP contribution in [0.3, 0.4) is 0 Å².